The summed E-state index contributed by atoms with van der Waals surface area (Å²) in [5, 5.41) is 9.21. The molecule has 1 atom stereocenters. The van der Waals surface area contributed by atoms with Crippen LogP contribution in [0.15, 0.2) is 48.6 Å². The minimum atomic E-state index is -0.931. The van der Waals surface area contributed by atoms with Crippen LogP contribution < -0.4 is 0 Å². The molecular formula is C14H14O3. The lowest BCUT2D eigenvalue weighted by Gasteiger charge is -2.31. The Kier molecular flexibility index (Phi) is 3.11. The first-order valence-corrected chi connectivity index (χ1v) is 5.42. The second-order valence-electron chi connectivity index (χ2n) is 3.94. The van der Waals surface area contributed by atoms with E-state index in [1.807, 2.05) is 30.4 Å². The Bertz CT molecular complexity index is 488. The zero-order valence-corrected chi connectivity index (χ0v) is 9.59. The van der Waals surface area contributed by atoms with Crippen molar-refractivity contribution >= 4 is 5.97 Å². The Labute approximate surface area is 100 Å². The van der Waals surface area contributed by atoms with Crippen molar-refractivity contribution < 1.29 is 14.6 Å². The molecule has 1 aliphatic rings. The fourth-order valence-electron chi connectivity index (χ4n) is 2.10. The number of hydrogen-bond acceptors (Lipinski definition) is 2. The van der Waals surface area contributed by atoms with E-state index >= 15 is 0 Å². The van der Waals surface area contributed by atoms with Gasteiger partial charge < -0.3 is 9.84 Å². The van der Waals surface area contributed by atoms with Crippen molar-refractivity contribution in [3.8, 4) is 0 Å². The average Bonchev–Trinajstić information content (AvgIpc) is 2.39. The third-order valence-electron chi connectivity index (χ3n) is 3.01. The molecule has 88 valence electrons. The fraction of sp³-hybridized carbons (Fsp3) is 0.214. The van der Waals surface area contributed by atoms with Crippen LogP contribution in [0.25, 0.3) is 0 Å². The highest BCUT2D eigenvalue weighted by Crippen LogP contribution is 2.35. The molecule has 0 spiro atoms. The van der Waals surface area contributed by atoms with Crippen molar-refractivity contribution in [2.45, 2.75) is 12.0 Å². The lowest BCUT2D eigenvalue weighted by Crippen LogP contribution is -2.28. The second kappa shape index (κ2) is 4.55. The Morgan fingerprint density at radius 2 is 2.12 bits per heavy atom. The van der Waals surface area contributed by atoms with E-state index in [1.54, 1.807) is 25.3 Å². The molecule has 1 aromatic rings. The summed E-state index contributed by atoms with van der Waals surface area (Å²) >= 11 is 0. The van der Waals surface area contributed by atoms with Gasteiger partial charge in [-0.1, -0.05) is 36.4 Å². The normalized spacial score (nSPS) is 22.6. The summed E-state index contributed by atoms with van der Waals surface area (Å²) in [7, 11) is 1.60. The smallest absolute Gasteiger partial charge is 0.336 e. The third kappa shape index (κ3) is 2.01. The molecule has 0 saturated heterocycles. The molecule has 0 radical (unpaired) electrons. The number of carboxylic acids is 1. The van der Waals surface area contributed by atoms with E-state index in [0.29, 0.717) is 12.0 Å². The van der Waals surface area contributed by atoms with E-state index in [1.165, 1.54) is 0 Å². The summed E-state index contributed by atoms with van der Waals surface area (Å²) in [5.74, 6) is -0.931. The summed E-state index contributed by atoms with van der Waals surface area (Å²) in [6.07, 6.45) is 8.33. The molecule has 17 heavy (non-hydrogen) atoms. The van der Waals surface area contributed by atoms with Crippen LogP contribution in [0.3, 0.4) is 0 Å². The number of methoxy groups -OCH3 is 1. The van der Waals surface area contributed by atoms with E-state index in [2.05, 4.69) is 0 Å². The average molecular weight is 230 g/mol. The van der Waals surface area contributed by atoms with Gasteiger partial charge in [0.25, 0.3) is 0 Å². The van der Waals surface area contributed by atoms with Gasteiger partial charge in [0.2, 0.25) is 0 Å². The molecule has 0 aromatic heterocycles. The molecule has 0 heterocycles. The van der Waals surface area contributed by atoms with E-state index in [9.17, 15) is 9.90 Å². The number of rotatable bonds is 3. The van der Waals surface area contributed by atoms with Crippen molar-refractivity contribution in [3.63, 3.8) is 0 Å². The second-order valence-corrected chi connectivity index (χ2v) is 3.94. The number of hydrogen-bond donors (Lipinski definition) is 1. The molecule has 1 aromatic carbocycles. The Morgan fingerprint density at radius 1 is 1.35 bits per heavy atom. The molecule has 0 amide bonds. The van der Waals surface area contributed by atoms with Gasteiger partial charge in [-0.05, 0) is 12.1 Å². The molecule has 1 N–H and O–H groups in total. The maximum absolute atomic E-state index is 11.2. The highest BCUT2D eigenvalue weighted by atomic mass is 16.5. The molecule has 0 bridgehead atoms. The Hall–Kier alpha value is -1.87. The summed E-state index contributed by atoms with van der Waals surface area (Å²) in [6, 6.07) is 6.95. The highest BCUT2D eigenvalue weighted by Gasteiger charge is 2.32. The van der Waals surface area contributed by atoms with Gasteiger partial charge in [0, 0.05) is 19.1 Å². The van der Waals surface area contributed by atoms with Crippen LogP contribution in [0.5, 0.6) is 0 Å². The van der Waals surface area contributed by atoms with Crippen LogP contribution in [-0.2, 0) is 10.3 Å². The maximum Gasteiger partial charge on any atom is 0.336 e. The van der Waals surface area contributed by atoms with Gasteiger partial charge in [0.05, 0.1) is 5.56 Å². The number of carbonyl (C=O) groups is 1. The fourth-order valence-corrected chi connectivity index (χ4v) is 2.10. The number of aromatic carboxylic acids is 1. The quantitative estimate of drug-likeness (QED) is 0.868. The van der Waals surface area contributed by atoms with Gasteiger partial charge in [-0.25, -0.2) is 4.79 Å². The molecule has 0 fully saturated rings. The number of carboxylic acid groups (broad SMARTS) is 1. The van der Waals surface area contributed by atoms with Gasteiger partial charge in [-0.3, -0.25) is 0 Å². The van der Waals surface area contributed by atoms with Crippen LogP contribution in [0.4, 0.5) is 0 Å². The first-order valence-electron chi connectivity index (χ1n) is 5.42. The zero-order chi connectivity index (χ0) is 12.3. The molecule has 0 aliphatic heterocycles. The minimum absolute atomic E-state index is 0.286. The predicted molar refractivity (Wildman–Crippen MR) is 65.0 cm³/mol. The Morgan fingerprint density at radius 3 is 2.71 bits per heavy atom. The molecule has 1 aliphatic carbocycles. The van der Waals surface area contributed by atoms with Crippen molar-refractivity contribution in [3.05, 3.63) is 59.7 Å². The Balaban J connectivity index is 2.55. The van der Waals surface area contributed by atoms with Crippen molar-refractivity contribution in [2.75, 3.05) is 7.11 Å². The third-order valence-corrected chi connectivity index (χ3v) is 3.01. The van der Waals surface area contributed by atoms with Gasteiger partial charge in [-0.15, -0.1) is 0 Å². The van der Waals surface area contributed by atoms with Crippen molar-refractivity contribution in [1.82, 2.24) is 0 Å². The monoisotopic (exact) mass is 230 g/mol. The summed E-state index contributed by atoms with van der Waals surface area (Å²) in [4.78, 5) is 11.2. The number of ether oxygens (including phenoxy) is 1. The van der Waals surface area contributed by atoms with Crippen molar-refractivity contribution in [2.24, 2.45) is 0 Å². The minimum Gasteiger partial charge on any atom is -0.478 e. The van der Waals surface area contributed by atoms with E-state index in [0.717, 1.165) is 0 Å². The predicted octanol–water partition coefficient (Wildman–Crippen LogP) is 2.74. The largest absolute Gasteiger partial charge is 0.478 e. The first kappa shape index (κ1) is 11.6. The molecule has 1 unspecified atom stereocenters. The first-order chi connectivity index (χ1) is 8.19. The van der Waals surface area contributed by atoms with Crippen LogP contribution in [0.1, 0.15) is 22.3 Å². The van der Waals surface area contributed by atoms with E-state index < -0.39 is 11.6 Å². The maximum atomic E-state index is 11.2. The van der Waals surface area contributed by atoms with Crippen LogP contribution in [0, 0.1) is 0 Å². The molecule has 3 nitrogen and oxygen atoms in total. The van der Waals surface area contributed by atoms with Crippen LogP contribution >= 0.6 is 0 Å². The zero-order valence-electron chi connectivity index (χ0n) is 9.59. The van der Waals surface area contributed by atoms with Crippen LogP contribution in [0.2, 0.25) is 0 Å². The summed E-state index contributed by atoms with van der Waals surface area (Å²) < 4.78 is 5.55. The highest BCUT2D eigenvalue weighted by molar-refractivity contribution is 5.90. The summed E-state index contributed by atoms with van der Waals surface area (Å²) in [5.41, 5.74) is 0.314. The van der Waals surface area contributed by atoms with Gasteiger partial charge >= 0.3 is 5.97 Å². The SMILES string of the molecule is COC1(c2ccccc2C(=O)O)C=CC=CC1. The summed E-state index contributed by atoms with van der Waals surface area (Å²) in [6.45, 7) is 0. The molecule has 2 rings (SSSR count). The van der Waals surface area contributed by atoms with Gasteiger partial charge in [0.1, 0.15) is 5.60 Å². The topological polar surface area (TPSA) is 46.5 Å². The lowest BCUT2D eigenvalue weighted by molar-refractivity contribution is 0.0287. The van der Waals surface area contributed by atoms with Crippen molar-refractivity contribution in [1.29, 1.82) is 0 Å². The van der Waals surface area contributed by atoms with Gasteiger partial charge in [-0.2, -0.15) is 0 Å². The number of allylic oxidation sites excluding steroid dienone is 2. The molecule has 3 heteroatoms. The molecular weight excluding hydrogens is 216 g/mol. The number of benzene rings is 1. The molecule has 0 saturated carbocycles. The van der Waals surface area contributed by atoms with E-state index in [-0.39, 0.29) is 5.56 Å². The van der Waals surface area contributed by atoms with Crippen LogP contribution in [-0.4, -0.2) is 18.2 Å². The standard InChI is InChI=1S/C14H14O3/c1-17-14(9-5-2-6-10-14)12-8-4-3-7-11(12)13(15)16/h2-9H,10H2,1H3,(H,15,16). The van der Waals surface area contributed by atoms with Gasteiger partial charge in [0.15, 0.2) is 0 Å². The lowest BCUT2D eigenvalue weighted by atomic mass is 9.84. The van der Waals surface area contributed by atoms with E-state index in [4.69, 9.17) is 4.74 Å².